The molecule has 0 aliphatic rings. The number of carbonyl (C=O) groups is 1. The number of anilines is 1. The maximum absolute atomic E-state index is 13.1. The molecule has 0 aliphatic carbocycles. The highest BCUT2D eigenvalue weighted by Crippen LogP contribution is 2.28. The summed E-state index contributed by atoms with van der Waals surface area (Å²) in [5.41, 5.74) is 2.58. The second-order valence-electron chi connectivity index (χ2n) is 6.41. The van der Waals surface area contributed by atoms with Crippen LogP contribution in [0.3, 0.4) is 0 Å². The smallest absolute Gasteiger partial charge is 0.240 e. The summed E-state index contributed by atoms with van der Waals surface area (Å²) in [6.45, 7) is 4.11. The number of halogens is 1. The van der Waals surface area contributed by atoms with Crippen LogP contribution >= 0.6 is 23.4 Å². The first kappa shape index (κ1) is 20.9. The molecule has 3 rings (SSSR count). The summed E-state index contributed by atoms with van der Waals surface area (Å²) in [6, 6.07) is 17.2. The number of thioether (sulfide) groups is 1. The summed E-state index contributed by atoms with van der Waals surface area (Å²) in [5.74, 6) is -0.0899. The highest BCUT2D eigenvalue weighted by atomic mass is 35.5. The lowest BCUT2D eigenvalue weighted by molar-refractivity contribution is -0.117. The Labute approximate surface area is 179 Å². The molecule has 0 N–H and O–H groups in total. The van der Waals surface area contributed by atoms with Gasteiger partial charge in [-0.2, -0.15) is 5.26 Å². The van der Waals surface area contributed by atoms with Gasteiger partial charge in [0.25, 0.3) is 0 Å². The zero-order valence-electron chi connectivity index (χ0n) is 16.1. The number of amides is 1. The molecule has 29 heavy (non-hydrogen) atoms. The molecule has 1 aromatic heterocycles. The van der Waals surface area contributed by atoms with Crippen molar-refractivity contribution in [1.82, 2.24) is 14.8 Å². The molecule has 1 atom stereocenters. The molecule has 0 bridgehead atoms. The Morgan fingerprint density at radius 3 is 2.76 bits per heavy atom. The Morgan fingerprint density at radius 1 is 1.31 bits per heavy atom. The number of aromatic nitrogens is 3. The van der Waals surface area contributed by atoms with E-state index in [1.54, 1.807) is 11.2 Å². The van der Waals surface area contributed by atoms with Gasteiger partial charge >= 0.3 is 0 Å². The zero-order valence-corrected chi connectivity index (χ0v) is 17.7. The molecule has 6 nitrogen and oxygen atoms in total. The molecule has 1 heterocycles. The summed E-state index contributed by atoms with van der Waals surface area (Å²) >= 11 is 7.57. The Bertz CT molecular complexity index is 1030. The van der Waals surface area contributed by atoms with E-state index in [2.05, 4.69) is 16.3 Å². The monoisotopic (exact) mass is 425 g/mol. The van der Waals surface area contributed by atoms with E-state index in [1.165, 1.54) is 11.8 Å². The van der Waals surface area contributed by atoms with Crippen molar-refractivity contribution in [2.24, 2.45) is 0 Å². The lowest BCUT2D eigenvalue weighted by Crippen LogP contribution is -2.37. The predicted octanol–water partition coefficient (Wildman–Crippen LogP) is 4.66. The van der Waals surface area contributed by atoms with E-state index >= 15 is 0 Å². The second-order valence-corrected chi connectivity index (χ2v) is 8.13. The van der Waals surface area contributed by atoms with Crippen LogP contribution in [0.15, 0.2) is 60.0 Å². The van der Waals surface area contributed by atoms with Gasteiger partial charge in [-0.1, -0.05) is 47.6 Å². The summed E-state index contributed by atoms with van der Waals surface area (Å²) in [7, 11) is 0. The van der Waals surface area contributed by atoms with E-state index in [0.717, 1.165) is 16.9 Å². The van der Waals surface area contributed by atoms with Crippen LogP contribution in [0, 0.1) is 18.3 Å². The number of aryl methyl sites for hydroxylation is 1. The van der Waals surface area contributed by atoms with Crippen LogP contribution in [0.25, 0.3) is 5.69 Å². The third-order valence-electron chi connectivity index (χ3n) is 4.36. The van der Waals surface area contributed by atoms with Crippen molar-refractivity contribution in [1.29, 1.82) is 5.26 Å². The topological polar surface area (TPSA) is 74.8 Å². The minimum atomic E-state index is -0.419. The van der Waals surface area contributed by atoms with E-state index in [9.17, 15) is 4.79 Å². The SMILES string of the molecule is Cc1ccc(-n2cnnc2SC(C)C(=O)N(CCC#N)c2ccccc2)cc1Cl. The van der Waals surface area contributed by atoms with Crippen molar-refractivity contribution in [3.8, 4) is 11.8 Å². The molecule has 0 spiro atoms. The number of carbonyl (C=O) groups excluding carboxylic acids is 1. The number of hydrogen-bond donors (Lipinski definition) is 0. The van der Waals surface area contributed by atoms with Crippen molar-refractivity contribution in [3.05, 3.63) is 65.4 Å². The number of para-hydroxylation sites is 1. The molecule has 8 heteroatoms. The average molecular weight is 426 g/mol. The minimum Gasteiger partial charge on any atom is -0.310 e. The third-order valence-corrected chi connectivity index (χ3v) is 5.81. The lowest BCUT2D eigenvalue weighted by Gasteiger charge is -2.24. The maximum atomic E-state index is 13.1. The molecule has 3 aromatic rings. The van der Waals surface area contributed by atoms with Crippen LogP contribution in [0.2, 0.25) is 5.02 Å². The van der Waals surface area contributed by atoms with E-state index < -0.39 is 5.25 Å². The van der Waals surface area contributed by atoms with Crippen LogP contribution in [-0.4, -0.2) is 32.5 Å². The highest BCUT2D eigenvalue weighted by Gasteiger charge is 2.24. The first-order valence-corrected chi connectivity index (χ1v) is 10.3. The van der Waals surface area contributed by atoms with E-state index in [4.69, 9.17) is 16.9 Å². The molecule has 0 aliphatic heterocycles. The molecule has 0 saturated heterocycles. The van der Waals surface area contributed by atoms with Gasteiger partial charge in [0.15, 0.2) is 5.16 Å². The number of nitriles is 1. The predicted molar refractivity (Wildman–Crippen MR) is 115 cm³/mol. The Morgan fingerprint density at radius 2 is 2.07 bits per heavy atom. The summed E-state index contributed by atoms with van der Waals surface area (Å²) in [4.78, 5) is 14.8. The fraction of sp³-hybridized carbons (Fsp3) is 0.238. The van der Waals surface area contributed by atoms with Crippen molar-refractivity contribution >= 4 is 35.0 Å². The molecular formula is C21H20ClN5OS. The van der Waals surface area contributed by atoms with Gasteiger partial charge in [-0.05, 0) is 43.7 Å². The van der Waals surface area contributed by atoms with Crippen LogP contribution in [0.1, 0.15) is 18.9 Å². The molecule has 0 radical (unpaired) electrons. The average Bonchev–Trinajstić information content (AvgIpc) is 3.19. The largest absolute Gasteiger partial charge is 0.310 e. The Balaban J connectivity index is 1.81. The van der Waals surface area contributed by atoms with Gasteiger partial charge in [0, 0.05) is 17.3 Å². The minimum absolute atomic E-state index is 0.0899. The van der Waals surface area contributed by atoms with Gasteiger partial charge < -0.3 is 4.90 Å². The standard InChI is InChI=1S/C21H20ClN5OS/c1-15-9-10-18(13-19(15)22)27-14-24-25-21(27)29-16(2)20(28)26(12-6-11-23)17-7-4-3-5-8-17/h3-5,7-10,13-14,16H,6,12H2,1-2H3. The van der Waals surface area contributed by atoms with Crippen LogP contribution in [-0.2, 0) is 4.79 Å². The number of rotatable bonds is 7. The van der Waals surface area contributed by atoms with Crippen LogP contribution < -0.4 is 4.90 Å². The summed E-state index contributed by atoms with van der Waals surface area (Å²) in [6.07, 6.45) is 1.86. The molecule has 2 aromatic carbocycles. The zero-order chi connectivity index (χ0) is 20.8. The number of hydrogen-bond acceptors (Lipinski definition) is 5. The van der Waals surface area contributed by atoms with Gasteiger partial charge in [0.2, 0.25) is 5.91 Å². The molecular weight excluding hydrogens is 406 g/mol. The van der Waals surface area contributed by atoms with Gasteiger partial charge in [-0.3, -0.25) is 9.36 Å². The first-order valence-electron chi connectivity index (χ1n) is 9.08. The Hall–Kier alpha value is -2.82. The molecule has 1 unspecified atom stereocenters. The molecule has 0 fully saturated rings. The van der Waals surface area contributed by atoms with Crippen molar-refractivity contribution < 1.29 is 4.79 Å². The molecule has 0 saturated carbocycles. The van der Waals surface area contributed by atoms with Gasteiger partial charge in [0.1, 0.15) is 6.33 Å². The van der Waals surface area contributed by atoms with E-state index in [-0.39, 0.29) is 12.3 Å². The fourth-order valence-electron chi connectivity index (χ4n) is 2.78. The van der Waals surface area contributed by atoms with Gasteiger partial charge in [-0.25, -0.2) is 0 Å². The second kappa shape index (κ2) is 9.59. The third kappa shape index (κ3) is 4.97. The van der Waals surface area contributed by atoms with Crippen LogP contribution in [0.5, 0.6) is 0 Å². The lowest BCUT2D eigenvalue weighted by atomic mass is 10.2. The van der Waals surface area contributed by atoms with Crippen LogP contribution in [0.4, 0.5) is 5.69 Å². The number of benzene rings is 2. The normalized spacial score (nSPS) is 11.7. The quantitative estimate of drug-likeness (QED) is 0.515. The summed E-state index contributed by atoms with van der Waals surface area (Å²) in [5, 5.41) is 18.0. The van der Waals surface area contributed by atoms with Crippen molar-refractivity contribution in [2.45, 2.75) is 30.7 Å². The van der Waals surface area contributed by atoms with E-state index in [0.29, 0.717) is 16.7 Å². The van der Waals surface area contributed by atoms with Crippen molar-refractivity contribution in [2.75, 3.05) is 11.4 Å². The summed E-state index contributed by atoms with van der Waals surface area (Å²) < 4.78 is 1.81. The molecule has 148 valence electrons. The van der Waals surface area contributed by atoms with Gasteiger partial charge in [0.05, 0.1) is 23.4 Å². The van der Waals surface area contributed by atoms with E-state index in [1.807, 2.05) is 66.9 Å². The fourth-order valence-corrected chi connectivity index (χ4v) is 3.86. The highest BCUT2D eigenvalue weighted by molar-refractivity contribution is 8.00. The van der Waals surface area contributed by atoms with Crippen molar-refractivity contribution in [3.63, 3.8) is 0 Å². The first-order chi connectivity index (χ1) is 14.0. The molecule has 1 amide bonds. The number of nitrogens with zero attached hydrogens (tertiary/aromatic N) is 5. The Kier molecular flexibility index (Phi) is 6.91. The van der Waals surface area contributed by atoms with Gasteiger partial charge in [-0.15, -0.1) is 10.2 Å². The maximum Gasteiger partial charge on any atom is 0.240 e.